The smallest absolute Gasteiger partial charge is 0.275 e. The molecular weight excluding hydrogens is 418 g/mol. The number of nitrogen functional groups attached to an aromatic ring is 1. The summed E-state index contributed by atoms with van der Waals surface area (Å²) in [6, 6.07) is 3.54. The second-order valence-corrected chi connectivity index (χ2v) is 8.08. The average molecular weight is 442 g/mol. The van der Waals surface area contributed by atoms with E-state index >= 15 is 0 Å². The number of pyridine rings is 1. The van der Waals surface area contributed by atoms with Crippen LogP contribution < -0.4 is 27.0 Å². The molecule has 6 N–H and O–H groups in total. The number of likely N-dealkylation sites (N-methyl/N-ethyl adjacent to an activating group) is 1. The number of nitrogens with two attached hydrogens (primary N) is 2. The summed E-state index contributed by atoms with van der Waals surface area (Å²) in [6.45, 7) is 1.15. The Kier molecular flexibility index (Phi) is 5.57. The summed E-state index contributed by atoms with van der Waals surface area (Å²) in [5.41, 5.74) is 11.9. The van der Waals surface area contributed by atoms with Crippen LogP contribution in [0.2, 0.25) is 0 Å². The minimum absolute atomic E-state index is 0.269. The van der Waals surface area contributed by atoms with Crippen molar-refractivity contribution in [3.05, 3.63) is 41.8 Å². The molecule has 1 aliphatic rings. The van der Waals surface area contributed by atoms with Crippen molar-refractivity contribution in [2.45, 2.75) is 18.4 Å². The van der Waals surface area contributed by atoms with Gasteiger partial charge in [0.25, 0.3) is 5.91 Å². The molecule has 1 fully saturated rings. The Bertz CT molecular complexity index is 1100. The highest BCUT2D eigenvalue weighted by Gasteiger charge is 2.39. The zero-order chi connectivity index (χ0) is 22.0. The number of rotatable bonds is 6. The van der Waals surface area contributed by atoms with E-state index in [1.54, 1.807) is 37.0 Å². The van der Waals surface area contributed by atoms with E-state index in [1.165, 1.54) is 22.2 Å². The number of piperidine rings is 1. The molecule has 1 saturated heterocycles. The van der Waals surface area contributed by atoms with Crippen LogP contribution in [0.25, 0.3) is 5.13 Å². The number of carbonyl (C=O) groups is 2. The van der Waals surface area contributed by atoms with E-state index in [0.717, 1.165) is 0 Å². The van der Waals surface area contributed by atoms with Crippen molar-refractivity contribution in [2.75, 3.05) is 36.1 Å². The van der Waals surface area contributed by atoms with Crippen molar-refractivity contribution in [2.24, 2.45) is 5.73 Å². The van der Waals surface area contributed by atoms with E-state index in [4.69, 9.17) is 11.5 Å². The Labute approximate surface area is 182 Å². The third-order valence-electron chi connectivity index (χ3n) is 5.42. The fraction of sp³-hybridized carbons (Fsp3) is 0.316. The van der Waals surface area contributed by atoms with Crippen LogP contribution in [-0.4, -0.2) is 57.2 Å². The highest BCUT2D eigenvalue weighted by atomic mass is 32.1. The van der Waals surface area contributed by atoms with E-state index in [2.05, 4.69) is 25.7 Å². The summed E-state index contributed by atoms with van der Waals surface area (Å²) < 4.78 is 1.52. The van der Waals surface area contributed by atoms with Gasteiger partial charge in [0.2, 0.25) is 11.0 Å². The van der Waals surface area contributed by atoms with Crippen LogP contribution in [-0.2, 0) is 4.79 Å². The fourth-order valence-electron chi connectivity index (χ4n) is 3.57. The number of aromatic nitrogens is 4. The summed E-state index contributed by atoms with van der Waals surface area (Å²) in [7, 11) is 1.74. The van der Waals surface area contributed by atoms with Crippen molar-refractivity contribution >= 4 is 40.3 Å². The van der Waals surface area contributed by atoms with Gasteiger partial charge in [0.15, 0.2) is 5.82 Å². The molecule has 1 aliphatic heterocycles. The Morgan fingerprint density at radius 3 is 2.71 bits per heavy atom. The lowest BCUT2D eigenvalue weighted by atomic mass is 9.87. The van der Waals surface area contributed by atoms with E-state index < -0.39 is 5.54 Å². The van der Waals surface area contributed by atoms with Gasteiger partial charge < -0.3 is 27.0 Å². The molecule has 0 radical (unpaired) electrons. The zero-order valence-electron chi connectivity index (χ0n) is 16.9. The second kappa shape index (κ2) is 8.32. The van der Waals surface area contributed by atoms with Crippen LogP contribution in [0.3, 0.4) is 0 Å². The van der Waals surface area contributed by atoms with Gasteiger partial charge in [0.1, 0.15) is 11.2 Å². The first-order valence-electron chi connectivity index (χ1n) is 9.68. The maximum Gasteiger partial charge on any atom is 0.275 e. The van der Waals surface area contributed by atoms with Crippen molar-refractivity contribution in [3.63, 3.8) is 0 Å². The predicted molar refractivity (Wildman–Crippen MR) is 118 cm³/mol. The van der Waals surface area contributed by atoms with Crippen LogP contribution in [0.15, 0.2) is 36.1 Å². The van der Waals surface area contributed by atoms with Gasteiger partial charge in [-0.25, -0.2) is 14.6 Å². The first-order chi connectivity index (χ1) is 14.9. The van der Waals surface area contributed by atoms with Gasteiger partial charge in [0, 0.05) is 24.7 Å². The van der Waals surface area contributed by atoms with Crippen molar-refractivity contribution in [3.8, 4) is 5.13 Å². The third kappa shape index (κ3) is 4.07. The Balaban J connectivity index is 1.49. The molecule has 0 bridgehead atoms. The quantitative estimate of drug-likeness (QED) is 0.433. The second-order valence-electron chi connectivity index (χ2n) is 7.25. The molecule has 2 amide bonds. The molecule has 3 aromatic rings. The van der Waals surface area contributed by atoms with Crippen molar-refractivity contribution in [1.29, 1.82) is 0 Å². The largest absolute Gasteiger partial charge is 0.396 e. The number of anilines is 3. The SMILES string of the molecule is CNC1(C(N)=O)CCN(c2ncccc2NC(=O)c2csc(-n3cc(N)cn3)n2)CC1. The summed E-state index contributed by atoms with van der Waals surface area (Å²) >= 11 is 1.29. The molecule has 0 atom stereocenters. The Hall–Kier alpha value is -3.51. The normalized spacial score (nSPS) is 15.6. The standard InChI is InChI=1S/C19H23N9O2S/c1-22-19(17(21)30)4-7-27(8-5-19)15-13(3-2-6-23-15)25-16(29)14-11-31-18(26-14)28-10-12(20)9-24-28/h2-3,6,9-11,22H,4-5,7-8,20H2,1H3,(H2,21,30)(H,25,29). The number of nitrogens with one attached hydrogen (secondary N) is 2. The molecule has 4 rings (SSSR count). The highest BCUT2D eigenvalue weighted by molar-refractivity contribution is 7.12. The molecule has 0 saturated carbocycles. The van der Waals surface area contributed by atoms with E-state index in [9.17, 15) is 9.59 Å². The summed E-state index contributed by atoms with van der Waals surface area (Å²) in [5.74, 6) is -0.0709. The van der Waals surface area contributed by atoms with Gasteiger partial charge in [-0.1, -0.05) is 0 Å². The van der Waals surface area contributed by atoms with Crippen LogP contribution in [0.5, 0.6) is 0 Å². The number of amides is 2. The van der Waals surface area contributed by atoms with Gasteiger partial charge in [-0.3, -0.25) is 9.59 Å². The lowest BCUT2D eigenvalue weighted by Crippen LogP contribution is -2.59. The molecule has 31 heavy (non-hydrogen) atoms. The zero-order valence-corrected chi connectivity index (χ0v) is 17.7. The lowest BCUT2D eigenvalue weighted by molar-refractivity contribution is -0.125. The van der Waals surface area contributed by atoms with Gasteiger partial charge in [-0.2, -0.15) is 5.10 Å². The van der Waals surface area contributed by atoms with Gasteiger partial charge in [-0.15, -0.1) is 11.3 Å². The van der Waals surface area contributed by atoms with E-state index in [-0.39, 0.29) is 17.5 Å². The van der Waals surface area contributed by atoms with E-state index in [0.29, 0.717) is 48.3 Å². The lowest BCUT2D eigenvalue weighted by Gasteiger charge is -2.40. The first-order valence-corrected chi connectivity index (χ1v) is 10.6. The number of nitrogens with zero attached hydrogens (tertiary/aromatic N) is 5. The molecule has 162 valence electrons. The summed E-state index contributed by atoms with van der Waals surface area (Å²) in [6.07, 6.45) is 5.91. The number of thiazole rings is 1. The minimum atomic E-state index is -0.721. The first kappa shape index (κ1) is 20.8. The van der Waals surface area contributed by atoms with Gasteiger partial charge in [-0.05, 0) is 32.0 Å². The van der Waals surface area contributed by atoms with Gasteiger partial charge >= 0.3 is 0 Å². The molecule has 12 heteroatoms. The van der Waals surface area contributed by atoms with Crippen LogP contribution in [0.1, 0.15) is 23.3 Å². The minimum Gasteiger partial charge on any atom is -0.396 e. The van der Waals surface area contributed by atoms with Gasteiger partial charge in [0.05, 0.1) is 23.8 Å². The topological polar surface area (TPSA) is 157 Å². The average Bonchev–Trinajstić information content (AvgIpc) is 3.43. The number of primary amides is 1. The molecular formula is C19H23N9O2S. The number of hydrogen-bond acceptors (Lipinski definition) is 9. The summed E-state index contributed by atoms with van der Waals surface area (Å²) in [5, 5.41) is 12.3. The Morgan fingerprint density at radius 2 is 2.06 bits per heavy atom. The third-order valence-corrected chi connectivity index (χ3v) is 6.26. The van der Waals surface area contributed by atoms with Crippen LogP contribution in [0.4, 0.5) is 17.2 Å². The molecule has 4 heterocycles. The summed E-state index contributed by atoms with van der Waals surface area (Å²) in [4.78, 5) is 35.5. The van der Waals surface area contributed by atoms with Crippen LogP contribution in [0, 0.1) is 0 Å². The predicted octanol–water partition coefficient (Wildman–Crippen LogP) is 0.602. The maximum atomic E-state index is 12.8. The van der Waals surface area contributed by atoms with Crippen molar-refractivity contribution < 1.29 is 9.59 Å². The maximum absolute atomic E-state index is 12.8. The number of carbonyl (C=O) groups excluding carboxylic acids is 2. The number of hydrogen-bond donors (Lipinski definition) is 4. The molecule has 0 unspecified atom stereocenters. The molecule has 3 aromatic heterocycles. The molecule has 11 nitrogen and oxygen atoms in total. The van der Waals surface area contributed by atoms with Crippen LogP contribution >= 0.6 is 11.3 Å². The fourth-order valence-corrected chi connectivity index (χ4v) is 4.30. The monoisotopic (exact) mass is 441 g/mol. The molecule has 0 aliphatic carbocycles. The van der Waals surface area contributed by atoms with E-state index in [1.807, 2.05) is 4.90 Å². The molecule has 0 aromatic carbocycles. The Morgan fingerprint density at radius 1 is 1.29 bits per heavy atom. The van der Waals surface area contributed by atoms with Crippen molar-refractivity contribution in [1.82, 2.24) is 25.1 Å². The highest BCUT2D eigenvalue weighted by Crippen LogP contribution is 2.30. The molecule has 0 spiro atoms.